The van der Waals surface area contributed by atoms with E-state index in [0.29, 0.717) is 17.2 Å². The second-order valence-corrected chi connectivity index (χ2v) is 5.80. The van der Waals surface area contributed by atoms with Crippen molar-refractivity contribution in [3.63, 3.8) is 0 Å². The van der Waals surface area contributed by atoms with E-state index in [1.54, 1.807) is 24.1 Å². The molecule has 0 N–H and O–H groups in total. The highest BCUT2D eigenvalue weighted by atomic mass is 79.9. The van der Waals surface area contributed by atoms with Crippen LogP contribution < -0.4 is 0 Å². The normalized spacial score (nSPS) is 23.1. The van der Waals surface area contributed by atoms with Crippen LogP contribution in [0.3, 0.4) is 0 Å². The van der Waals surface area contributed by atoms with Crippen LogP contribution in [0, 0.1) is 0 Å². The molecule has 1 amide bonds. The van der Waals surface area contributed by atoms with Gasteiger partial charge in [0, 0.05) is 18.1 Å². The van der Waals surface area contributed by atoms with Gasteiger partial charge >= 0.3 is 0 Å². The lowest BCUT2D eigenvalue weighted by molar-refractivity contribution is 0.0574. The van der Waals surface area contributed by atoms with Crippen molar-refractivity contribution in [1.29, 1.82) is 0 Å². The summed E-state index contributed by atoms with van der Waals surface area (Å²) in [5.41, 5.74) is 0.521. The number of likely N-dealkylation sites (N-methyl/N-ethyl adjacent to an activating group) is 1. The number of carbonyl (C=O) groups excluding carboxylic acids is 1. The Morgan fingerprint density at radius 3 is 2.89 bits per heavy atom. The van der Waals surface area contributed by atoms with Crippen LogP contribution in [-0.2, 0) is 4.74 Å². The molecule has 98 valence electrons. The van der Waals surface area contributed by atoms with Gasteiger partial charge in [0.25, 0.3) is 5.91 Å². The second-order valence-electron chi connectivity index (χ2n) is 4.47. The number of ether oxygens (including phenoxy) is 1. The number of halogens is 2. The van der Waals surface area contributed by atoms with E-state index in [1.165, 1.54) is 0 Å². The lowest BCUT2D eigenvalue weighted by atomic mass is 10.1. The molecule has 0 aliphatic carbocycles. The highest BCUT2D eigenvalue weighted by Crippen LogP contribution is 2.25. The van der Waals surface area contributed by atoms with Crippen molar-refractivity contribution in [1.82, 2.24) is 4.90 Å². The van der Waals surface area contributed by atoms with E-state index >= 15 is 0 Å². The van der Waals surface area contributed by atoms with E-state index in [4.69, 9.17) is 16.3 Å². The Morgan fingerprint density at radius 1 is 1.56 bits per heavy atom. The highest BCUT2D eigenvalue weighted by Gasteiger charge is 2.31. The molecule has 0 spiro atoms. The van der Waals surface area contributed by atoms with E-state index in [9.17, 15) is 4.79 Å². The number of rotatable bonds is 2. The van der Waals surface area contributed by atoms with E-state index in [-0.39, 0.29) is 18.1 Å². The maximum atomic E-state index is 12.4. The predicted molar refractivity (Wildman–Crippen MR) is 75.1 cm³/mol. The van der Waals surface area contributed by atoms with Crippen LogP contribution in [0.2, 0.25) is 5.02 Å². The fourth-order valence-corrected chi connectivity index (χ4v) is 2.79. The van der Waals surface area contributed by atoms with Gasteiger partial charge in [-0.15, -0.1) is 0 Å². The third-order valence-corrected chi connectivity index (χ3v) is 4.14. The fourth-order valence-electron chi connectivity index (χ4n) is 2.23. The van der Waals surface area contributed by atoms with E-state index in [1.807, 2.05) is 13.0 Å². The molecule has 1 aliphatic heterocycles. The Labute approximate surface area is 120 Å². The van der Waals surface area contributed by atoms with Crippen LogP contribution in [0.5, 0.6) is 0 Å². The van der Waals surface area contributed by atoms with Gasteiger partial charge in [0.1, 0.15) is 0 Å². The lowest BCUT2D eigenvalue weighted by Gasteiger charge is -2.27. The summed E-state index contributed by atoms with van der Waals surface area (Å²) in [7, 11) is 1.80. The topological polar surface area (TPSA) is 29.5 Å². The molecule has 2 rings (SSSR count). The molecule has 0 saturated carbocycles. The molecule has 5 heteroatoms. The summed E-state index contributed by atoms with van der Waals surface area (Å²) < 4.78 is 6.34. The van der Waals surface area contributed by atoms with Crippen molar-refractivity contribution in [3.8, 4) is 0 Å². The monoisotopic (exact) mass is 331 g/mol. The van der Waals surface area contributed by atoms with Gasteiger partial charge in [-0.05, 0) is 31.5 Å². The number of amides is 1. The van der Waals surface area contributed by atoms with Gasteiger partial charge in [0.15, 0.2) is 0 Å². The lowest BCUT2D eigenvalue weighted by Crippen LogP contribution is -2.41. The summed E-state index contributed by atoms with van der Waals surface area (Å²) in [5.74, 6) is -0.0661. The molecule has 2 atom stereocenters. The number of hydrogen-bond acceptors (Lipinski definition) is 2. The average Bonchev–Trinajstić information content (AvgIpc) is 2.77. The van der Waals surface area contributed by atoms with Gasteiger partial charge in [-0.25, -0.2) is 0 Å². The Kier molecular flexibility index (Phi) is 4.30. The minimum atomic E-state index is -0.0661. The Balaban J connectivity index is 2.22. The first-order valence-corrected chi connectivity index (χ1v) is 7.01. The standard InChI is InChI=1S/C13H15BrClNO2/c1-8-12(5-6-18-8)16(2)13(17)10-7-9(14)3-4-11(10)15/h3-4,7-8,12H,5-6H2,1-2H3. The fraction of sp³-hybridized carbons (Fsp3) is 0.462. The van der Waals surface area contributed by atoms with Crippen molar-refractivity contribution >= 4 is 33.4 Å². The number of benzene rings is 1. The SMILES string of the molecule is CC1OCCC1N(C)C(=O)c1cc(Br)ccc1Cl. The minimum absolute atomic E-state index is 0.0661. The zero-order valence-electron chi connectivity index (χ0n) is 10.3. The van der Waals surface area contributed by atoms with Crippen LogP contribution in [-0.4, -0.2) is 36.6 Å². The van der Waals surface area contributed by atoms with Crippen LogP contribution in [0.4, 0.5) is 0 Å². The number of carbonyl (C=O) groups is 1. The van der Waals surface area contributed by atoms with Gasteiger partial charge in [0.2, 0.25) is 0 Å². The summed E-state index contributed by atoms with van der Waals surface area (Å²) in [6, 6.07) is 5.41. The molecular weight excluding hydrogens is 318 g/mol. The third-order valence-electron chi connectivity index (χ3n) is 3.31. The molecule has 2 unspecified atom stereocenters. The molecule has 0 bridgehead atoms. The molecule has 18 heavy (non-hydrogen) atoms. The summed E-state index contributed by atoms with van der Waals surface area (Å²) in [6.07, 6.45) is 0.944. The minimum Gasteiger partial charge on any atom is -0.376 e. The van der Waals surface area contributed by atoms with Gasteiger partial charge in [-0.2, -0.15) is 0 Å². The first kappa shape index (κ1) is 13.8. The molecule has 1 aliphatic rings. The third kappa shape index (κ3) is 2.71. The molecule has 0 aromatic heterocycles. The molecule has 0 radical (unpaired) electrons. The summed E-state index contributed by atoms with van der Waals surface area (Å²) in [6.45, 7) is 2.69. The van der Waals surface area contributed by atoms with Gasteiger partial charge < -0.3 is 9.64 Å². The van der Waals surface area contributed by atoms with Gasteiger partial charge in [0.05, 0.1) is 22.7 Å². The van der Waals surface area contributed by atoms with Crippen LogP contribution in [0.1, 0.15) is 23.7 Å². The molecule has 1 heterocycles. The maximum Gasteiger partial charge on any atom is 0.255 e. The first-order chi connectivity index (χ1) is 8.50. The Morgan fingerprint density at radius 2 is 2.28 bits per heavy atom. The molecular formula is C13H15BrClNO2. The zero-order valence-corrected chi connectivity index (χ0v) is 12.7. The first-order valence-electron chi connectivity index (χ1n) is 5.84. The van der Waals surface area contributed by atoms with E-state index in [0.717, 1.165) is 10.9 Å². The van der Waals surface area contributed by atoms with E-state index < -0.39 is 0 Å². The Bertz CT molecular complexity index is 466. The predicted octanol–water partition coefficient (Wildman–Crippen LogP) is 3.35. The number of hydrogen-bond donors (Lipinski definition) is 0. The quantitative estimate of drug-likeness (QED) is 0.831. The van der Waals surface area contributed by atoms with Crippen molar-refractivity contribution in [2.45, 2.75) is 25.5 Å². The molecule has 1 aromatic carbocycles. The number of nitrogens with zero attached hydrogens (tertiary/aromatic N) is 1. The van der Waals surface area contributed by atoms with Crippen molar-refractivity contribution in [3.05, 3.63) is 33.3 Å². The maximum absolute atomic E-state index is 12.4. The smallest absolute Gasteiger partial charge is 0.255 e. The summed E-state index contributed by atoms with van der Waals surface area (Å²) in [5, 5.41) is 0.474. The molecule has 1 fully saturated rings. The van der Waals surface area contributed by atoms with Gasteiger partial charge in [-0.1, -0.05) is 27.5 Å². The molecule has 3 nitrogen and oxygen atoms in total. The summed E-state index contributed by atoms with van der Waals surface area (Å²) in [4.78, 5) is 14.1. The van der Waals surface area contributed by atoms with Crippen molar-refractivity contribution in [2.75, 3.05) is 13.7 Å². The Hall–Kier alpha value is -0.580. The van der Waals surface area contributed by atoms with Crippen molar-refractivity contribution < 1.29 is 9.53 Å². The van der Waals surface area contributed by atoms with Crippen molar-refractivity contribution in [2.24, 2.45) is 0 Å². The zero-order chi connectivity index (χ0) is 13.3. The average molecular weight is 333 g/mol. The van der Waals surface area contributed by atoms with Crippen LogP contribution in [0.25, 0.3) is 0 Å². The van der Waals surface area contributed by atoms with Crippen LogP contribution in [0.15, 0.2) is 22.7 Å². The molecule has 1 aromatic rings. The molecule has 1 saturated heterocycles. The summed E-state index contributed by atoms with van der Waals surface area (Å²) >= 11 is 9.43. The van der Waals surface area contributed by atoms with Gasteiger partial charge in [-0.3, -0.25) is 4.79 Å². The van der Waals surface area contributed by atoms with E-state index in [2.05, 4.69) is 15.9 Å². The second kappa shape index (κ2) is 5.59. The largest absolute Gasteiger partial charge is 0.376 e. The van der Waals surface area contributed by atoms with Crippen LogP contribution >= 0.6 is 27.5 Å². The highest BCUT2D eigenvalue weighted by molar-refractivity contribution is 9.10.